The van der Waals surface area contributed by atoms with E-state index in [0.717, 1.165) is 15.6 Å². The molecule has 0 saturated carbocycles. The summed E-state index contributed by atoms with van der Waals surface area (Å²) in [5.74, 6) is 1.07. The number of ether oxygens (including phenoxy) is 2. The van der Waals surface area contributed by atoms with Crippen LogP contribution < -0.4 is 14.9 Å². The lowest BCUT2D eigenvalue weighted by molar-refractivity contribution is -0.120. The topological polar surface area (TPSA) is 59.9 Å². The molecule has 0 saturated heterocycles. The van der Waals surface area contributed by atoms with Crippen LogP contribution in [0.2, 0.25) is 0 Å². The predicted molar refractivity (Wildman–Crippen MR) is 93.1 cm³/mol. The van der Waals surface area contributed by atoms with Crippen LogP contribution in [0.25, 0.3) is 0 Å². The van der Waals surface area contributed by atoms with E-state index in [0.29, 0.717) is 11.5 Å². The zero-order valence-electron chi connectivity index (χ0n) is 12.9. The quantitative estimate of drug-likeness (QED) is 0.622. The van der Waals surface area contributed by atoms with Crippen LogP contribution in [-0.2, 0) is 11.2 Å². The van der Waals surface area contributed by atoms with E-state index in [1.165, 1.54) is 0 Å². The maximum absolute atomic E-state index is 11.8. The molecule has 0 spiro atoms. The van der Waals surface area contributed by atoms with Crippen molar-refractivity contribution >= 4 is 28.1 Å². The normalized spacial score (nSPS) is 10.6. The highest BCUT2D eigenvalue weighted by Crippen LogP contribution is 2.26. The molecule has 2 aromatic rings. The third-order valence-electron chi connectivity index (χ3n) is 3.09. The molecule has 2 aromatic carbocycles. The van der Waals surface area contributed by atoms with Gasteiger partial charge in [0, 0.05) is 4.47 Å². The van der Waals surface area contributed by atoms with Crippen molar-refractivity contribution in [1.82, 2.24) is 5.43 Å². The van der Waals surface area contributed by atoms with Gasteiger partial charge in [-0.25, -0.2) is 5.43 Å². The van der Waals surface area contributed by atoms with E-state index in [9.17, 15) is 4.79 Å². The maximum atomic E-state index is 11.8. The first kappa shape index (κ1) is 17.0. The van der Waals surface area contributed by atoms with E-state index in [2.05, 4.69) is 26.5 Å². The Kier molecular flexibility index (Phi) is 6.17. The van der Waals surface area contributed by atoms with Gasteiger partial charge >= 0.3 is 0 Å². The van der Waals surface area contributed by atoms with Crippen LogP contribution in [0.4, 0.5) is 0 Å². The van der Waals surface area contributed by atoms with Gasteiger partial charge in [-0.3, -0.25) is 4.79 Å². The molecule has 1 N–H and O–H groups in total. The number of nitrogens with one attached hydrogen (secondary N) is 1. The summed E-state index contributed by atoms with van der Waals surface area (Å²) in [5, 5.41) is 3.96. The summed E-state index contributed by atoms with van der Waals surface area (Å²) in [6.45, 7) is 0. The Morgan fingerprint density at radius 3 is 2.48 bits per heavy atom. The summed E-state index contributed by atoms with van der Waals surface area (Å²) in [6, 6.07) is 13.0. The minimum absolute atomic E-state index is 0.177. The van der Waals surface area contributed by atoms with Crippen molar-refractivity contribution in [3.63, 3.8) is 0 Å². The Bertz CT molecular complexity index is 699. The van der Waals surface area contributed by atoms with E-state index < -0.39 is 0 Å². The molecule has 6 heteroatoms. The molecule has 0 aliphatic carbocycles. The number of nitrogens with zero attached hydrogens (tertiary/aromatic N) is 1. The maximum Gasteiger partial charge on any atom is 0.244 e. The van der Waals surface area contributed by atoms with Gasteiger partial charge in [0.1, 0.15) is 0 Å². The Morgan fingerprint density at radius 1 is 1.13 bits per heavy atom. The third-order valence-corrected chi connectivity index (χ3v) is 3.62. The fraction of sp³-hybridized carbons (Fsp3) is 0.176. The fourth-order valence-electron chi connectivity index (χ4n) is 1.94. The molecule has 0 aliphatic heterocycles. The van der Waals surface area contributed by atoms with Crippen molar-refractivity contribution in [2.45, 2.75) is 6.42 Å². The summed E-state index contributed by atoms with van der Waals surface area (Å²) >= 11 is 3.36. The van der Waals surface area contributed by atoms with Crippen molar-refractivity contribution in [3.05, 3.63) is 58.1 Å². The molecule has 0 aliphatic rings. The standard InChI is InChI=1S/C17H17BrN2O3/c1-22-15-8-5-13(9-16(15)23-2)11-19-20-17(21)10-12-3-6-14(18)7-4-12/h3-9,11H,10H2,1-2H3,(H,20,21)/b19-11-. The molecule has 2 rings (SSSR count). The number of amides is 1. The number of carbonyl (C=O) groups is 1. The largest absolute Gasteiger partial charge is 0.493 e. The van der Waals surface area contributed by atoms with E-state index >= 15 is 0 Å². The van der Waals surface area contributed by atoms with Crippen LogP contribution in [0.15, 0.2) is 52.0 Å². The Balaban J connectivity index is 1.93. The van der Waals surface area contributed by atoms with Gasteiger partial charge in [0.15, 0.2) is 11.5 Å². The summed E-state index contributed by atoms with van der Waals surface area (Å²) in [7, 11) is 3.15. The molecule has 23 heavy (non-hydrogen) atoms. The van der Waals surface area contributed by atoms with E-state index in [1.54, 1.807) is 32.6 Å². The monoisotopic (exact) mass is 376 g/mol. The van der Waals surface area contributed by atoms with E-state index in [4.69, 9.17) is 9.47 Å². The first-order valence-corrected chi connectivity index (χ1v) is 7.70. The number of rotatable bonds is 6. The Labute approximate surface area is 143 Å². The van der Waals surface area contributed by atoms with Crippen molar-refractivity contribution in [2.75, 3.05) is 14.2 Å². The summed E-state index contributed by atoms with van der Waals surface area (Å²) in [6.07, 6.45) is 1.83. The molecule has 0 fully saturated rings. The molecule has 0 atom stereocenters. The molecule has 0 unspecified atom stereocenters. The molecule has 5 nitrogen and oxygen atoms in total. The lowest BCUT2D eigenvalue weighted by Gasteiger charge is -2.07. The zero-order valence-corrected chi connectivity index (χ0v) is 14.5. The van der Waals surface area contributed by atoms with Crippen molar-refractivity contribution in [3.8, 4) is 11.5 Å². The highest BCUT2D eigenvalue weighted by Gasteiger charge is 2.04. The highest BCUT2D eigenvalue weighted by atomic mass is 79.9. The van der Waals surface area contributed by atoms with Gasteiger partial charge in [-0.05, 0) is 41.5 Å². The molecule has 0 aromatic heterocycles. The van der Waals surface area contributed by atoms with Crippen molar-refractivity contribution in [1.29, 1.82) is 0 Å². The molecule has 1 amide bonds. The van der Waals surface area contributed by atoms with Gasteiger partial charge in [-0.1, -0.05) is 28.1 Å². The SMILES string of the molecule is COc1ccc(/C=N\NC(=O)Cc2ccc(Br)cc2)cc1OC. The number of hydrogen-bond donors (Lipinski definition) is 1. The lowest BCUT2D eigenvalue weighted by atomic mass is 10.1. The van der Waals surface area contributed by atoms with Crippen LogP contribution in [0.3, 0.4) is 0 Å². The van der Waals surface area contributed by atoms with Crippen LogP contribution in [0, 0.1) is 0 Å². The number of methoxy groups -OCH3 is 2. The van der Waals surface area contributed by atoms with Gasteiger partial charge in [-0.15, -0.1) is 0 Å². The number of hydrazone groups is 1. The highest BCUT2D eigenvalue weighted by molar-refractivity contribution is 9.10. The minimum atomic E-state index is -0.177. The van der Waals surface area contributed by atoms with E-state index in [1.807, 2.05) is 30.3 Å². The second-order valence-corrected chi connectivity index (χ2v) is 5.63. The minimum Gasteiger partial charge on any atom is -0.493 e. The Morgan fingerprint density at radius 2 is 1.83 bits per heavy atom. The van der Waals surface area contributed by atoms with Crippen molar-refractivity contribution < 1.29 is 14.3 Å². The van der Waals surface area contributed by atoms with Crippen molar-refractivity contribution in [2.24, 2.45) is 5.10 Å². The van der Waals surface area contributed by atoms with E-state index in [-0.39, 0.29) is 12.3 Å². The summed E-state index contributed by atoms with van der Waals surface area (Å²) in [5.41, 5.74) is 4.23. The second kappa shape index (κ2) is 8.33. The van der Waals surface area contributed by atoms with Gasteiger partial charge in [-0.2, -0.15) is 5.10 Å². The van der Waals surface area contributed by atoms with Crippen LogP contribution in [0.1, 0.15) is 11.1 Å². The van der Waals surface area contributed by atoms with Crippen LogP contribution in [-0.4, -0.2) is 26.3 Å². The summed E-state index contributed by atoms with van der Waals surface area (Å²) < 4.78 is 11.4. The zero-order chi connectivity index (χ0) is 16.7. The molecule has 0 bridgehead atoms. The van der Waals surface area contributed by atoms with Crippen LogP contribution >= 0.6 is 15.9 Å². The third kappa shape index (κ3) is 5.10. The first-order chi connectivity index (χ1) is 11.1. The fourth-order valence-corrected chi connectivity index (χ4v) is 2.20. The molecular weight excluding hydrogens is 360 g/mol. The molecule has 0 heterocycles. The number of carbonyl (C=O) groups excluding carboxylic acids is 1. The van der Waals surface area contributed by atoms with Gasteiger partial charge in [0.25, 0.3) is 0 Å². The number of hydrogen-bond acceptors (Lipinski definition) is 4. The Hall–Kier alpha value is -2.34. The van der Waals surface area contributed by atoms with Gasteiger partial charge in [0.2, 0.25) is 5.91 Å². The number of halogens is 1. The molecular formula is C17H17BrN2O3. The second-order valence-electron chi connectivity index (χ2n) is 4.71. The van der Waals surface area contributed by atoms with Crippen LogP contribution in [0.5, 0.6) is 11.5 Å². The average molecular weight is 377 g/mol. The average Bonchev–Trinajstić information content (AvgIpc) is 2.56. The number of benzene rings is 2. The lowest BCUT2D eigenvalue weighted by Crippen LogP contribution is -2.19. The molecule has 120 valence electrons. The summed E-state index contributed by atoms with van der Waals surface area (Å²) in [4.78, 5) is 11.8. The van der Waals surface area contributed by atoms with Gasteiger partial charge in [0.05, 0.1) is 26.9 Å². The molecule has 0 radical (unpaired) electrons. The predicted octanol–water partition coefficient (Wildman–Crippen LogP) is 3.16. The first-order valence-electron chi connectivity index (χ1n) is 6.90. The van der Waals surface area contributed by atoms with Gasteiger partial charge < -0.3 is 9.47 Å². The smallest absolute Gasteiger partial charge is 0.244 e.